The maximum Gasteiger partial charge on any atom is 0.134 e. The van der Waals surface area contributed by atoms with Crippen molar-refractivity contribution in [1.29, 1.82) is 0 Å². The van der Waals surface area contributed by atoms with Crippen molar-refractivity contribution in [3.8, 4) is 11.3 Å². The smallest absolute Gasteiger partial charge is 0.134 e. The average molecular weight is 503 g/mol. The zero-order valence-corrected chi connectivity index (χ0v) is 23.9. The minimum Gasteiger partial charge on any atom is -0.456 e. The van der Waals surface area contributed by atoms with Gasteiger partial charge in [0.25, 0.3) is 0 Å². The first-order valence-electron chi connectivity index (χ1n) is 13.8. The lowest BCUT2D eigenvalue weighted by molar-refractivity contribution is 0.577. The maximum atomic E-state index is 9.28. The van der Waals surface area contributed by atoms with E-state index < -0.39 is 13.5 Å². The molecule has 5 aromatic rings. The Balaban J connectivity index is 1.52. The number of fused-ring (bicyclic) bond motifs is 3. The molecule has 0 unspecified atom stereocenters. The number of furan rings is 1. The van der Waals surface area contributed by atoms with Crippen LogP contribution < -0.4 is 5.19 Å². The zero-order valence-electron chi connectivity index (χ0n) is 23.9. The number of rotatable bonds is 4. The fourth-order valence-electron chi connectivity index (χ4n) is 5.78. The van der Waals surface area contributed by atoms with Crippen LogP contribution in [0.3, 0.4) is 0 Å². The number of hydrogen-bond acceptors (Lipinski definition) is 2. The molecule has 6 rings (SSSR count). The lowest BCUT2D eigenvalue weighted by Gasteiger charge is -2.26. The summed E-state index contributed by atoms with van der Waals surface area (Å²) in [7, 11) is -1.46. The Hall–Kier alpha value is -3.43. The minimum atomic E-state index is -1.46. The van der Waals surface area contributed by atoms with Gasteiger partial charge in [0, 0.05) is 28.1 Å². The van der Waals surface area contributed by atoms with Gasteiger partial charge in [-0.2, -0.15) is 0 Å². The molecule has 0 saturated heterocycles. The number of aromatic nitrogens is 1. The number of pyridine rings is 1. The van der Waals surface area contributed by atoms with Crippen LogP contribution in [-0.4, -0.2) is 13.1 Å². The van der Waals surface area contributed by atoms with E-state index in [0.29, 0.717) is 12.0 Å². The third-order valence-corrected chi connectivity index (χ3v) is 9.93. The van der Waals surface area contributed by atoms with Gasteiger partial charge in [0.05, 0.1) is 15.1 Å². The summed E-state index contributed by atoms with van der Waals surface area (Å²) in [6.45, 7) is 16.0. The number of nitrogens with zero attached hydrogens (tertiary/aromatic N) is 1. The molecule has 3 heteroatoms. The molecule has 2 nitrogen and oxygen atoms in total. The Morgan fingerprint density at radius 1 is 0.919 bits per heavy atom. The molecule has 0 atom stereocenters. The molecule has 37 heavy (non-hydrogen) atoms. The second-order valence-electron chi connectivity index (χ2n) is 12.3. The molecule has 0 radical (unpaired) electrons. The Morgan fingerprint density at radius 3 is 2.46 bits per heavy atom. The molecule has 0 amide bonds. The number of allylic oxidation sites excluding steroid dienone is 1. The highest BCUT2D eigenvalue weighted by Crippen LogP contribution is 2.50. The summed E-state index contributed by atoms with van der Waals surface area (Å²) in [5.74, 6) is 1.17. The van der Waals surface area contributed by atoms with E-state index in [1.54, 1.807) is 0 Å². The van der Waals surface area contributed by atoms with E-state index in [9.17, 15) is 1.37 Å². The molecule has 0 fully saturated rings. The van der Waals surface area contributed by atoms with Crippen molar-refractivity contribution in [2.24, 2.45) is 0 Å². The lowest BCUT2D eigenvalue weighted by Crippen LogP contribution is -2.37. The van der Waals surface area contributed by atoms with E-state index in [1.807, 2.05) is 12.3 Å². The van der Waals surface area contributed by atoms with Crippen molar-refractivity contribution in [2.45, 2.75) is 58.7 Å². The van der Waals surface area contributed by atoms with Gasteiger partial charge in [-0.05, 0) is 69.8 Å². The number of hydrogen-bond donors (Lipinski definition) is 0. The molecule has 2 heterocycles. The van der Waals surface area contributed by atoms with Gasteiger partial charge in [-0.15, -0.1) is 0 Å². The Bertz CT molecular complexity index is 1770. The van der Waals surface area contributed by atoms with Gasteiger partial charge in [0.1, 0.15) is 11.3 Å². The van der Waals surface area contributed by atoms with E-state index in [-0.39, 0.29) is 0 Å². The third-order valence-electron chi connectivity index (χ3n) is 7.88. The van der Waals surface area contributed by atoms with Crippen LogP contribution in [0.4, 0.5) is 0 Å². The van der Waals surface area contributed by atoms with Gasteiger partial charge < -0.3 is 4.42 Å². The summed E-state index contributed by atoms with van der Waals surface area (Å²) in [4.78, 5) is 4.93. The second-order valence-corrected chi connectivity index (χ2v) is 17.3. The Morgan fingerprint density at radius 2 is 1.70 bits per heavy atom. The predicted molar refractivity (Wildman–Crippen MR) is 161 cm³/mol. The first kappa shape index (κ1) is 22.7. The largest absolute Gasteiger partial charge is 0.456 e. The molecule has 0 saturated carbocycles. The van der Waals surface area contributed by atoms with Crippen molar-refractivity contribution < 1.29 is 5.79 Å². The summed E-state index contributed by atoms with van der Waals surface area (Å²) in [5.41, 5.74) is 6.83. The van der Waals surface area contributed by atoms with E-state index in [2.05, 4.69) is 108 Å². The van der Waals surface area contributed by atoms with Crippen LogP contribution in [0.5, 0.6) is 0 Å². The highest BCUT2D eigenvalue weighted by atomic mass is 28.3. The molecule has 0 aliphatic heterocycles. The SMILES string of the molecule is [2H]C1=C(c2cc3ccc([Si](C)(C)C)cc3o2)C(C)(C)c2c1ccnc2-c1cc(C(C)C)c2ccccc2c1. The van der Waals surface area contributed by atoms with Crippen LogP contribution in [0.25, 0.3) is 44.6 Å². The van der Waals surface area contributed by atoms with Gasteiger partial charge in [0.2, 0.25) is 0 Å². The first-order chi connectivity index (χ1) is 18.0. The second kappa shape index (κ2) is 8.29. The van der Waals surface area contributed by atoms with Crippen LogP contribution in [0, 0.1) is 0 Å². The molecular formula is C34H35NOSi. The zero-order chi connectivity index (χ0) is 27.0. The highest BCUT2D eigenvalue weighted by Gasteiger charge is 2.38. The highest BCUT2D eigenvalue weighted by molar-refractivity contribution is 6.88. The molecule has 1 aliphatic rings. The molecule has 1 aliphatic carbocycles. The van der Waals surface area contributed by atoms with Crippen molar-refractivity contribution in [1.82, 2.24) is 4.98 Å². The summed E-state index contributed by atoms with van der Waals surface area (Å²) in [5, 5.41) is 4.98. The molecule has 186 valence electrons. The number of benzene rings is 3. The summed E-state index contributed by atoms with van der Waals surface area (Å²) in [6, 6.07) is 24.4. The predicted octanol–water partition coefficient (Wildman–Crippen LogP) is 9.15. The van der Waals surface area contributed by atoms with E-state index >= 15 is 0 Å². The Labute approximate surface area is 222 Å². The normalized spacial score (nSPS) is 15.6. The standard InChI is InChI=1S/C34H35NOSi/c1-21(2)28-17-25(16-22-10-8-9-11-27(22)28)33-32-24(14-15-35-33)18-29(34(32,3)4)31-19-23-12-13-26(37(5,6)7)20-30(23)36-31/h8-21H,1-7H3/i18D. The van der Waals surface area contributed by atoms with E-state index in [1.165, 1.54) is 21.5 Å². The average Bonchev–Trinajstić information content (AvgIpc) is 3.37. The maximum absolute atomic E-state index is 9.28. The van der Waals surface area contributed by atoms with Gasteiger partial charge >= 0.3 is 0 Å². The summed E-state index contributed by atoms with van der Waals surface area (Å²) >= 11 is 0. The van der Waals surface area contributed by atoms with Crippen molar-refractivity contribution in [2.75, 3.05) is 0 Å². The van der Waals surface area contributed by atoms with Crippen molar-refractivity contribution in [3.63, 3.8) is 0 Å². The topological polar surface area (TPSA) is 26.0 Å². The minimum absolute atomic E-state index is 0.390. The summed E-state index contributed by atoms with van der Waals surface area (Å²) < 4.78 is 15.8. The van der Waals surface area contributed by atoms with Crippen molar-refractivity contribution in [3.05, 3.63) is 95.4 Å². The van der Waals surface area contributed by atoms with Crippen LogP contribution in [-0.2, 0) is 5.41 Å². The first-order valence-corrected chi connectivity index (χ1v) is 16.8. The molecular weight excluding hydrogens is 466 g/mol. The molecule has 0 N–H and O–H groups in total. The lowest BCUT2D eigenvalue weighted by atomic mass is 9.78. The monoisotopic (exact) mass is 502 g/mol. The molecule has 0 bridgehead atoms. The van der Waals surface area contributed by atoms with Crippen LogP contribution >= 0.6 is 0 Å². The molecule has 3 aromatic carbocycles. The van der Waals surface area contributed by atoms with Gasteiger partial charge in [-0.3, -0.25) is 4.98 Å². The van der Waals surface area contributed by atoms with Gasteiger partial charge in [0.15, 0.2) is 0 Å². The van der Waals surface area contributed by atoms with Crippen LogP contribution in [0.2, 0.25) is 19.6 Å². The van der Waals surface area contributed by atoms with Gasteiger partial charge in [-0.25, -0.2) is 0 Å². The fraction of sp³-hybridized carbons (Fsp3) is 0.265. The van der Waals surface area contributed by atoms with E-state index in [0.717, 1.165) is 44.7 Å². The van der Waals surface area contributed by atoms with Crippen LogP contribution in [0.1, 0.15) is 57.4 Å². The molecule has 2 aromatic heterocycles. The molecule has 0 spiro atoms. The van der Waals surface area contributed by atoms with Crippen molar-refractivity contribution >= 4 is 46.6 Å². The summed E-state index contributed by atoms with van der Waals surface area (Å²) in [6.07, 6.45) is 1.85. The fourth-order valence-corrected chi connectivity index (χ4v) is 6.93. The third kappa shape index (κ3) is 3.88. The van der Waals surface area contributed by atoms with Gasteiger partial charge in [-0.1, -0.05) is 88.9 Å². The quantitative estimate of drug-likeness (QED) is 0.229. The Kier molecular flexibility index (Phi) is 5.10. The van der Waals surface area contributed by atoms with E-state index in [4.69, 9.17) is 9.40 Å². The van der Waals surface area contributed by atoms with Crippen LogP contribution in [0.15, 0.2) is 77.3 Å².